The molecule has 3 heterocycles. The Morgan fingerprint density at radius 1 is 0.950 bits per heavy atom. The SMILES string of the molecule is Cc1cc2c(c(=O)n1CCc1ccc(O)cc1)[C@@H](c1ccccc1OCCc1ccc3c(c1)CCO3)CC(=O)O2. The first-order chi connectivity index (χ1) is 19.5. The van der Waals surface area contributed by atoms with Crippen LogP contribution in [0.25, 0.3) is 0 Å². The van der Waals surface area contributed by atoms with Crippen LogP contribution in [0.2, 0.25) is 0 Å². The summed E-state index contributed by atoms with van der Waals surface area (Å²) < 4.78 is 19.2. The van der Waals surface area contributed by atoms with E-state index in [2.05, 4.69) is 12.1 Å². The molecular weight excluding hydrogens is 506 g/mol. The molecule has 2 aliphatic heterocycles. The molecule has 6 rings (SSSR count). The third-order valence-electron chi connectivity index (χ3n) is 7.71. The fourth-order valence-electron chi connectivity index (χ4n) is 5.62. The number of carbonyl (C=O) groups excluding carboxylic acids is 1. The molecule has 0 radical (unpaired) electrons. The van der Waals surface area contributed by atoms with Crippen molar-refractivity contribution in [3.63, 3.8) is 0 Å². The van der Waals surface area contributed by atoms with Crippen molar-refractivity contribution in [3.05, 3.63) is 117 Å². The summed E-state index contributed by atoms with van der Waals surface area (Å²) in [5.41, 5.74) is 5.26. The summed E-state index contributed by atoms with van der Waals surface area (Å²) in [5.74, 6) is 1.30. The molecule has 204 valence electrons. The van der Waals surface area contributed by atoms with E-state index in [1.54, 1.807) is 22.8 Å². The van der Waals surface area contributed by atoms with Crippen LogP contribution in [0.4, 0.5) is 0 Å². The van der Waals surface area contributed by atoms with Crippen molar-refractivity contribution in [1.82, 2.24) is 4.57 Å². The molecule has 0 bridgehead atoms. The highest BCUT2D eigenvalue weighted by Crippen LogP contribution is 2.40. The van der Waals surface area contributed by atoms with Gasteiger partial charge in [0.15, 0.2) is 0 Å². The zero-order valence-electron chi connectivity index (χ0n) is 22.4. The lowest BCUT2D eigenvalue weighted by Crippen LogP contribution is -2.33. The largest absolute Gasteiger partial charge is 0.508 e. The van der Waals surface area contributed by atoms with Crippen molar-refractivity contribution in [2.75, 3.05) is 13.2 Å². The van der Waals surface area contributed by atoms with E-state index in [0.29, 0.717) is 36.6 Å². The van der Waals surface area contributed by atoms with Crippen LogP contribution in [0.3, 0.4) is 0 Å². The summed E-state index contributed by atoms with van der Waals surface area (Å²) in [5, 5.41) is 9.58. The Hall–Kier alpha value is -4.52. The molecule has 0 saturated carbocycles. The molecule has 0 unspecified atom stereocenters. The Labute approximate surface area is 232 Å². The summed E-state index contributed by atoms with van der Waals surface area (Å²) in [7, 11) is 0. The second-order valence-corrected chi connectivity index (χ2v) is 10.3. The second-order valence-electron chi connectivity index (χ2n) is 10.3. The van der Waals surface area contributed by atoms with Crippen LogP contribution in [-0.2, 0) is 30.6 Å². The molecule has 3 aromatic carbocycles. The van der Waals surface area contributed by atoms with Crippen molar-refractivity contribution >= 4 is 5.97 Å². The van der Waals surface area contributed by atoms with Crippen LogP contribution in [0.15, 0.2) is 77.6 Å². The molecule has 1 N–H and O–H groups in total. The van der Waals surface area contributed by atoms with Gasteiger partial charge in [-0.05, 0) is 54.3 Å². The van der Waals surface area contributed by atoms with E-state index in [4.69, 9.17) is 14.2 Å². The smallest absolute Gasteiger partial charge is 0.312 e. The lowest BCUT2D eigenvalue weighted by atomic mass is 9.86. The number of ether oxygens (including phenoxy) is 3. The summed E-state index contributed by atoms with van der Waals surface area (Å²) >= 11 is 0. The Bertz CT molecular complexity index is 1620. The lowest BCUT2D eigenvalue weighted by molar-refractivity contribution is -0.135. The van der Waals surface area contributed by atoms with Gasteiger partial charge in [-0.25, -0.2) is 0 Å². The van der Waals surface area contributed by atoms with Crippen LogP contribution >= 0.6 is 0 Å². The van der Waals surface area contributed by atoms with E-state index in [-0.39, 0.29) is 23.7 Å². The van der Waals surface area contributed by atoms with Crippen LogP contribution in [0.1, 0.15) is 45.8 Å². The Kier molecular flexibility index (Phi) is 7.03. The number of aryl methyl sites for hydroxylation is 2. The molecule has 2 aliphatic rings. The molecule has 0 spiro atoms. The Balaban J connectivity index is 1.26. The average molecular weight is 538 g/mol. The van der Waals surface area contributed by atoms with Crippen molar-refractivity contribution in [3.8, 4) is 23.0 Å². The first-order valence-corrected chi connectivity index (χ1v) is 13.7. The third kappa shape index (κ3) is 5.19. The van der Waals surface area contributed by atoms with E-state index in [1.807, 2.05) is 49.4 Å². The second kappa shape index (κ2) is 10.9. The first kappa shape index (κ1) is 25.7. The van der Waals surface area contributed by atoms with Gasteiger partial charge in [-0.1, -0.05) is 42.5 Å². The topological polar surface area (TPSA) is 87.0 Å². The number of aromatic hydroxyl groups is 1. The highest BCUT2D eigenvalue weighted by atomic mass is 16.5. The number of aromatic nitrogens is 1. The molecule has 0 aliphatic carbocycles. The van der Waals surface area contributed by atoms with E-state index < -0.39 is 5.92 Å². The minimum Gasteiger partial charge on any atom is -0.508 e. The first-order valence-electron chi connectivity index (χ1n) is 13.7. The number of hydrogen-bond acceptors (Lipinski definition) is 6. The van der Waals surface area contributed by atoms with Crippen LogP contribution in [-0.4, -0.2) is 28.9 Å². The number of nitrogens with zero attached hydrogens (tertiary/aromatic N) is 1. The summed E-state index contributed by atoms with van der Waals surface area (Å²) in [4.78, 5) is 26.5. The van der Waals surface area contributed by atoms with Gasteiger partial charge >= 0.3 is 5.97 Å². The highest BCUT2D eigenvalue weighted by molar-refractivity contribution is 5.78. The fourth-order valence-corrected chi connectivity index (χ4v) is 5.62. The van der Waals surface area contributed by atoms with Gasteiger partial charge in [-0.3, -0.25) is 9.59 Å². The lowest BCUT2D eigenvalue weighted by Gasteiger charge is -2.27. The van der Waals surface area contributed by atoms with Crippen molar-refractivity contribution in [2.24, 2.45) is 0 Å². The maximum atomic E-state index is 13.9. The predicted molar refractivity (Wildman–Crippen MR) is 151 cm³/mol. The molecular formula is C33H31NO6. The zero-order valence-corrected chi connectivity index (χ0v) is 22.4. The maximum Gasteiger partial charge on any atom is 0.312 e. The quantitative estimate of drug-likeness (QED) is 0.315. The summed E-state index contributed by atoms with van der Waals surface area (Å²) in [6.07, 6.45) is 2.34. The molecule has 0 fully saturated rings. The van der Waals surface area contributed by atoms with E-state index in [9.17, 15) is 14.7 Å². The van der Waals surface area contributed by atoms with Gasteiger partial charge in [-0.15, -0.1) is 0 Å². The number of esters is 1. The van der Waals surface area contributed by atoms with Crippen molar-refractivity contribution < 1.29 is 24.1 Å². The van der Waals surface area contributed by atoms with Crippen molar-refractivity contribution in [1.29, 1.82) is 0 Å². The number of fused-ring (bicyclic) bond motifs is 2. The standard InChI is InChI=1S/C33H31NO6/c1-21-18-30-32(33(37)34(21)15-12-22-6-9-25(35)10-7-22)27(20-31(36)40-30)26-4-2-3-5-29(26)39-16-13-23-8-11-28-24(19-23)14-17-38-28/h2-11,18-19,27,35H,12-17,20H2,1H3/t27-/m1/s1. The molecule has 40 heavy (non-hydrogen) atoms. The number of phenols is 1. The summed E-state index contributed by atoms with van der Waals surface area (Å²) in [6, 6.07) is 22.6. The van der Waals surface area contributed by atoms with Crippen LogP contribution < -0.4 is 19.8 Å². The Morgan fingerprint density at radius 3 is 2.60 bits per heavy atom. The number of phenolic OH excluding ortho intramolecular Hbond substituents is 1. The Morgan fingerprint density at radius 2 is 1.75 bits per heavy atom. The van der Waals surface area contributed by atoms with Crippen LogP contribution in [0.5, 0.6) is 23.0 Å². The van der Waals surface area contributed by atoms with Gasteiger partial charge in [-0.2, -0.15) is 0 Å². The van der Waals surface area contributed by atoms with E-state index in [1.165, 1.54) is 11.1 Å². The number of benzene rings is 3. The third-order valence-corrected chi connectivity index (χ3v) is 7.71. The normalized spacial score (nSPS) is 15.6. The number of hydrogen-bond donors (Lipinski definition) is 1. The fraction of sp³-hybridized carbons (Fsp3) is 0.273. The highest BCUT2D eigenvalue weighted by Gasteiger charge is 2.34. The van der Waals surface area contributed by atoms with Gasteiger partial charge in [0, 0.05) is 42.6 Å². The molecule has 4 aromatic rings. The monoisotopic (exact) mass is 537 g/mol. The number of rotatable bonds is 8. The molecule has 0 saturated heterocycles. The molecule has 0 amide bonds. The van der Waals surface area contributed by atoms with Gasteiger partial charge in [0.05, 0.1) is 25.2 Å². The number of pyridine rings is 1. The molecule has 1 atom stereocenters. The van der Waals surface area contributed by atoms with Crippen molar-refractivity contribution in [2.45, 2.75) is 45.1 Å². The molecule has 7 heteroatoms. The van der Waals surface area contributed by atoms with Gasteiger partial charge in [0.1, 0.15) is 23.0 Å². The van der Waals surface area contributed by atoms with Gasteiger partial charge in [0.2, 0.25) is 0 Å². The molecule has 7 nitrogen and oxygen atoms in total. The van der Waals surface area contributed by atoms with E-state index >= 15 is 0 Å². The summed E-state index contributed by atoms with van der Waals surface area (Å²) in [6.45, 7) is 3.50. The van der Waals surface area contributed by atoms with E-state index in [0.717, 1.165) is 42.0 Å². The van der Waals surface area contributed by atoms with Gasteiger partial charge < -0.3 is 23.9 Å². The maximum absolute atomic E-state index is 13.9. The predicted octanol–water partition coefficient (Wildman–Crippen LogP) is 5.10. The molecule has 1 aromatic heterocycles. The minimum absolute atomic E-state index is 0.0639. The average Bonchev–Trinajstić information content (AvgIpc) is 3.42. The number of para-hydroxylation sites is 1. The zero-order chi connectivity index (χ0) is 27.6. The van der Waals surface area contributed by atoms with Crippen LogP contribution in [0, 0.1) is 6.92 Å². The minimum atomic E-state index is -0.474. The van der Waals surface area contributed by atoms with Gasteiger partial charge in [0.25, 0.3) is 5.56 Å². The number of carbonyl (C=O) groups is 1.